The SMILES string of the molecule is CC(=O)N1Cc2cc(-c3ccc(S(N)(=O)=O)cc3)ccc2CCc2cc(Cl)ccc21. The summed E-state index contributed by atoms with van der Waals surface area (Å²) in [6, 6.07) is 18.3. The topological polar surface area (TPSA) is 80.5 Å². The molecule has 0 aromatic heterocycles. The molecule has 0 atom stereocenters. The van der Waals surface area contributed by atoms with Crippen LogP contribution in [-0.4, -0.2) is 14.3 Å². The molecule has 154 valence electrons. The molecule has 3 aromatic rings. The summed E-state index contributed by atoms with van der Waals surface area (Å²) in [6.45, 7) is 2.03. The number of hydrogen-bond acceptors (Lipinski definition) is 3. The van der Waals surface area contributed by atoms with Gasteiger partial charge in [-0.2, -0.15) is 0 Å². The van der Waals surface area contributed by atoms with Crippen LogP contribution in [0.2, 0.25) is 5.02 Å². The molecule has 1 amide bonds. The highest BCUT2D eigenvalue weighted by molar-refractivity contribution is 7.89. The van der Waals surface area contributed by atoms with E-state index in [1.54, 1.807) is 24.0 Å². The second-order valence-corrected chi connectivity index (χ2v) is 9.43. The van der Waals surface area contributed by atoms with Crippen LogP contribution in [0, 0.1) is 0 Å². The molecule has 7 heteroatoms. The molecule has 2 N–H and O–H groups in total. The molecule has 0 fully saturated rings. The number of aryl methyl sites for hydroxylation is 2. The fourth-order valence-electron chi connectivity index (χ4n) is 3.86. The number of carbonyl (C=O) groups excluding carboxylic acids is 1. The maximum Gasteiger partial charge on any atom is 0.238 e. The lowest BCUT2D eigenvalue weighted by Gasteiger charge is -2.28. The van der Waals surface area contributed by atoms with Crippen molar-refractivity contribution < 1.29 is 13.2 Å². The summed E-state index contributed by atoms with van der Waals surface area (Å²) in [4.78, 5) is 14.3. The third-order valence-corrected chi connectivity index (χ3v) is 6.59. The minimum atomic E-state index is -3.73. The standard InChI is InChI=1S/C23H21ClN2O3S/c1-15(27)26-14-20-12-18(16-6-9-22(10-7-16)30(25,28)29)4-2-17(20)3-5-19-13-21(24)8-11-23(19)26/h2,4,6-13H,3,5,14H2,1H3,(H2,25,28,29). The number of nitrogens with two attached hydrogens (primary N) is 1. The van der Waals surface area contributed by atoms with Gasteiger partial charge < -0.3 is 4.90 Å². The minimum Gasteiger partial charge on any atom is -0.308 e. The number of amides is 1. The Balaban J connectivity index is 1.73. The summed E-state index contributed by atoms with van der Waals surface area (Å²) in [5, 5.41) is 5.85. The quantitative estimate of drug-likeness (QED) is 0.644. The van der Waals surface area contributed by atoms with Gasteiger partial charge in [-0.3, -0.25) is 4.79 Å². The van der Waals surface area contributed by atoms with Gasteiger partial charge in [0, 0.05) is 17.6 Å². The highest BCUT2D eigenvalue weighted by Gasteiger charge is 2.21. The molecule has 0 saturated heterocycles. The van der Waals surface area contributed by atoms with Crippen molar-refractivity contribution in [2.45, 2.75) is 31.2 Å². The molecule has 1 heterocycles. The Morgan fingerprint density at radius 2 is 1.57 bits per heavy atom. The average molecular weight is 441 g/mol. The molecule has 0 bridgehead atoms. The van der Waals surface area contributed by atoms with Crippen molar-refractivity contribution in [1.82, 2.24) is 0 Å². The Hall–Kier alpha value is -2.67. The summed E-state index contributed by atoms with van der Waals surface area (Å²) in [6.07, 6.45) is 1.63. The van der Waals surface area contributed by atoms with E-state index < -0.39 is 10.0 Å². The lowest BCUT2D eigenvalue weighted by Crippen LogP contribution is -2.30. The summed E-state index contributed by atoms with van der Waals surface area (Å²) in [5.41, 5.74) is 6.03. The van der Waals surface area contributed by atoms with Crippen LogP contribution in [0.1, 0.15) is 23.6 Å². The first-order valence-corrected chi connectivity index (χ1v) is 11.5. The van der Waals surface area contributed by atoms with Gasteiger partial charge in [0.1, 0.15) is 0 Å². The van der Waals surface area contributed by atoms with Crippen LogP contribution in [0.25, 0.3) is 11.1 Å². The van der Waals surface area contributed by atoms with Crippen molar-refractivity contribution >= 4 is 33.2 Å². The summed E-state index contributed by atoms with van der Waals surface area (Å²) in [5.74, 6) is -0.0330. The molecule has 3 aromatic carbocycles. The van der Waals surface area contributed by atoms with Crippen LogP contribution in [-0.2, 0) is 34.2 Å². The number of carbonyl (C=O) groups is 1. The van der Waals surface area contributed by atoms with Gasteiger partial charge >= 0.3 is 0 Å². The fraction of sp³-hybridized carbons (Fsp3) is 0.174. The highest BCUT2D eigenvalue weighted by atomic mass is 35.5. The Labute approximate surface area is 181 Å². The zero-order valence-corrected chi connectivity index (χ0v) is 18.0. The molecular weight excluding hydrogens is 420 g/mol. The molecule has 0 aliphatic carbocycles. The van der Waals surface area contributed by atoms with E-state index in [1.807, 2.05) is 24.3 Å². The lowest BCUT2D eigenvalue weighted by molar-refractivity contribution is -0.116. The van der Waals surface area contributed by atoms with Crippen LogP contribution in [0.3, 0.4) is 0 Å². The van der Waals surface area contributed by atoms with Crippen molar-refractivity contribution in [1.29, 1.82) is 0 Å². The van der Waals surface area contributed by atoms with Crippen molar-refractivity contribution in [2.75, 3.05) is 4.90 Å². The molecule has 5 nitrogen and oxygen atoms in total. The Kier molecular flexibility index (Phi) is 5.40. The molecular formula is C23H21ClN2O3S. The van der Waals surface area contributed by atoms with Gasteiger partial charge in [-0.25, -0.2) is 13.6 Å². The first-order chi connectivity index (χ1) is 14.2. The van der Waals surface area contributed by atoms with E-state index >= 15 is 0 Å². The first kappa shape index (κ1) is 20.6. The predicted molar refractivity (Wildman–Crippen MR) is 119 cm³/mol. The molecule has 0 saturated carbocycles. The van der Waals surface area contributed by atoms with E-state index in [2.05, 4.69) is 12.1 Å². The molecule has 0 spiro atoms. The monoisotopic (exact) mass is 440 g/mol. The highest BCUT2D eigenvalue weighted by Crippen LogP contribution is 2.32. The van der Waals surface area contributed by atoms with E-state index in [1.165, 1.54) is 17.7 Å². The summed E-state index contributed by atoms with van der Waals surface area (Å²) < 4.78 is 23.0. The lowest BCUT2D eigenvalue weighted by atomic mass is 9.92. The van der Waals surface area contributed by atoms with Gasteiger partial charge in [0.25, 0.3) is 0 Å². The van der Waals surface area contributed by atoms with E-state index in [0.717, 1.165) is 40.8 Å². The van der Waals surface area contributed by atoms with Crippen molar-refractivity contribution in [3.8, 4) is 11.1 Å². The van der Waals surface area contributed by atoms with Gasteiger partial charge in [-0.1, -0.05) is 35.9 Å². The van der Waals surface area contributed by atoms with Gasteiger partial charge in [-0.15, -0.1) is 0 Å². The first-order valence-electron chi connectivity index (χ1n) is 9.54. The van der Waals surface area contributed by atoms with Crippen LogP contribution in [0.15, 0.2) is 65.6 Å². The molecule has 4 rings (SSSR count). The molecule has 30 heavy (non-hydrogen) atoms. The number of hydrogen-bond donors (Lipinski definition) is 1. The van der Waals surface area contributed by atoms with Crippen molar-refractivity contribution in [3.05, 3.63) is 82.4 Å². The summed E-state index contributed by atoms with van der Waals surface area (Å²) >= 11 is 6.18. The smallest absolute Gasteiger partial charge is 0.238 e. The van der Waals surface area contributed by atoms with E-state index in [9.17, 15) is 13.2 Å². The van der Waals surface area contributed by atoms with Crippen LogP contribution >= 0.6 is 11.6 Å². The zero-order chi connectivity index (χ0) is 21.5. The van der Waals surface area contributed by atoms with Gasteiger partial charge in [-0.05, 0) is 77.1 Å². The number of benzene rings is 3. The normalized spacial score (nSPS) is 13.8. The molecule has 0 radical (unpaired) electrons. The van der Waals surface area contributed by atoms with Crippen LogP contribution in [0.4, 0.5) is 5.69 Å². The largest absolute Gasteiger partial charge is 0.308 e. The predicted octanol–water partition coefficient (Wildman–Crippen LogP) is 4.31. The van der Waals surface area contributed by atoms with Crippen molar-refractivity contribution in [2.24, 2.45) is 5.14 Å². The Morgan fingerprint density at radius 1 is 0.900 bits per heavy atom. The van der Waals surface area contributed by atoms with Crippen molar-refractivity contribution in [3.63, 3.8) is 0 Å². The number of nitrogens with zero attached hydrogens (tertiary/aromatic N) is 1. The van der Waals surface area contributed by atoms with Gasteiger partial charge in [0.05, 0.1) is 11.4 Å². The number of rotatable bonds is 2. The minimum absolute atomic E-state index is 0.0330. The fourth-order valence-corrected chi connectivity index (χ4v) is 4.57. The maximum absolute atomic E-state index is 12.4. The number of anilines is 1. The maximum atomic E-state index is 12.4. The second-order valence-electron chi connectivity index (χ2n) is 7.43. The molecule has 1 aliphatic rings. The third kappa shape index (κ3) is 4.12. The Morgan fingerprint density at radius 3 is 2.23 bits per heavy atom. The molecule has 1 aliphatic heterocycles. The average Bonchev–Trinajstić information content (AvgIpc) is 2.69. The number of sulfonamides is 1. The van der Waals surface area contributed by atoms with E-state index in [0.29, 0.717) is 11.6 Å². The van der Waals surface area contributed by atoms with Crippen LogP contribution in [0.5, 0.6) is 0 Å². The number of fused-ring (bicyclic) bond motifs is 2. The number of primary sulfonamides is 1. The van der Waals surface area contributed by atoms with E-state index in [-0.39, 0.29) is 10.8 Å². The van der Waals surface area contributed by atoms with Gasteiger partial charge in [0.15, 0.2) is 0 Å². The van der Waals surface area contributed by atoms with E-state index in [4.69, 9.17) is 16.7 Å². The Bertz CT molecular complexity index is 1240. The number of halogens is 1. The second kappa shape index (κ2) is 7.87. The summed E-state index contributed by atoms with van der Waals surface area (Å²) in [7, 11) is -3.73. The molecule has 0 unspecified atom stereocenters. The zero-order valence-electron chi connectivity index (χ0n) is 16.4. The third-order valence-electron chi connectivity index (χ3n) is 5.43. The van der Waals surface area contributed by atoms with Gasteiger partial charge in [0.2, 0.25) is 15.9 Å². The van der Waals surface area contributed by atoms with Crippen LogP contribution < -0.4 is 10.0 Å².